The fourth-order valence-corrected chi connectivity index (χ4v) is 2.91. The molecule has 1 N–H and O–H groups in total. The molecule has 5 nitrogen and oxygen atoms in total. The minimum absolute atomic E-state index is 0.224. The maximum atomic E-state index is 12.2. The first kappa shape index (κ1) is 17.9. The van der Waals surface area contributed by atoms with Crippen LogP contribution < -0.4 is 5.43 Å². The Morgan fingerprint density at radius 3 is 2.54 bits per heavy atom. The molecule has 0 heterocycles. The van der Waals surface area contributed by atoms with Gasteiger partial charge in [0.05, 0.1) is 0 Å². The molecule has 2 rings (SSSR count). The van der Waals surface area contributed by atoms with E-state index in [0.717, 1.165) is 36.3 Å². The predicted molar refractivity (Wildman–Crippen MR) is 92.2 cm³/mol. The Kier molecular flexibility index (Phi) is 7.21. The Morgan fingerprint density at radius 2 is 1.88 bits per heavy atom. The lowest BCUT2D eigenvalue weighted by atomic mass is 9.87. The van der Waals surface area contributed by atoms with E-state index in [4.69, 9.17) is 0 Å². The fraction of sp³-hybridized carbons (Fsp3) is 0.421. The van der Waals surface area contributed by atoms with E-state index in [1.54, 1.807) is 12.4 Å². The van der Waals surface area contributed by atoms with Gasteiger partial charge in [-0.1, -0.05) is 49.6 Å². The molecule has 1 aromatic carbocycles. The van der Waals surface area contributed by atoms with Crippen LogP contribution in [0.15, 0.2) is 36.4 Å². The van der Waals surface area contributed by atoms with Gasteiger partial charge < -0.3 is 0 Å². The van der Waals surface area contributed by atoms with Gasteiger partial charge in [-0.15, -0.1) is 0 Å². The van der Waals surface area contributed by atoms with E-state index in [9.17, 15) is 14.4 Å². The Morgan fingerprint density at radius 1 is 1.17 bits per heavy atom. The van der Waals surface area contributed by atoms with Gasteiger partial charge in [0.15, 0.2) is 0 Å². The van der Waals surface area contributed by atoms with Gasteiger partial charge in [-0.2, -0.15) is 0 Å². The van der Waals surface area contributed by atoms with Gasteiger partial charge in [-0.3, -0.25) is 19.8 Å². The summed E-state index contributed by atoms with van der Waals surface area (Å²) < 4.78 is 0. The van der Waals surface area contributed by atoms with Crippen molar-refractivity contribution in [3.63, 3.8) is 0 Å². The Hall–Kier alpha value is -2.43. The number of hydrogen-bond donors (Lipinski definition) is 1. The number of amides is 2. The first-order valence-corrected chi connectivity index (χ1v) is 8.38. The normalized spacial score (nSPS) is 15.2. The third-order valence-corrected chi connectivity index (χ3v) is 4.17. The first-order chi connectivity index (χ1) is 11.7. The Bertz CT molecular complexity index is 578. The summed E-state index contributed by atoms with van der Waals surface area (Å²) in [5, 5.41) is 1.01. The summed E-state index contributed by atoms with van der Waals surface area (Å²) in [7, 11) is 0. The van der Waals surface area contributed by atoms with Crippen LogP contribution in [0.25, 0.3) is 6.08 Å². The number of nitrogens with one attached hydrogen (secondary N) is 1. The van der Waals surface area contributed by atoms with Gasteiger partial charge in [0.2, 0.25) is 12.2 Å². The molecular weight excluding hydrogens is 304 g/mol. The van der Waals surface area contributed by atoms with Crippen LogP contribution in [0.1, 0.15) is 44.1 Å². The summed E-state index contributed by atoms with van der Waals surface area (Å²) in [6, 6.07) is 9.35. The van der Waals surface area contributed by atoms with Crippen LogP contribution in [0.4, 0.5) is 0 Å². The van der Waals surface area contributed by atoms with Crippen molar-refractivity contribution in [2.24, 2.45) is 5.92 Å². The van der Waals surface area contributed by atoms with Gasteiger partial charge in [-0.25, -0.2) is 5.01 Å². The Balaban J connectivity index is 1.89. The highest BCUT2D eigenvalue weighted by Crippen LogP contribution is 2.26. The molecule has 1 saturated carbocycles. The number of nitrogens with zero attached hydrogens (tertiary/aromatic N) is 1. The zero-order chi connectivity index (χ0) is 17.2. The number of benzene rings is 1. The maximum absolute atomic E-state index is 12.2. The summed E-state index contributed by atoms with van der Waals surface area (Å²) in [5.41, 5.74) is 3.40. The molecule has 24 heavy (non-hydrogen) atoms. The minimum Gasteiger partial charge on any atom is -0.289 e. The summed E-state index contributed by atoms with van der Waals surface area (Å²) >= 11 is 0. The molecule has 0 aromatic heterocycles. The van der Waals surface area contributed by atoms with Crippen molar-refractivity contribution in [3.05, 3.63) is 42.0 Å². The van der Waals surface area contributed by atoms with Crippen molar-refractivity contribution in [2.45, 2.75) is 38.5 Å². The fourth-order valence-electron chi connectivity index (χ4n) is 2.91. The van der Waals surface area contributed by atoms with Crippen LogP contribution in [0.5, 0.6) is 0 Å². The maximum Gasteiger partial charge on any atom is 0.265 e. The molecule has 2 amide bonds. The lowest BCUT2D eigenvalue weighted by Gasteiger charge is -2.23. The number of hydrogen-bond acceptors (Lipinski definition) is 3. The molecule has 0 atom stereocenters. The van der Waals surface area contributed by atoms with Crippen molar-refractivity contribution in [1.82, 2.24) is 10.4 Å². The van der Waals surface area contributed by atoms with E-state index in [2.05, 4.69) is 5.43 Å². The van der Waals surface area contributed by atoms with Crippen LogP contribution in [0, 0.1) is 5.92 Å². The Labute approximate surface area is 142 Å². The largest absolute Gasteiger partial charge is 0.289 e. The summed E-state index contributed by atoms with van der Waals surface area (Å²) in [6.07, 6.45) is 10.7. The molecule has 1 aromatic rings. The van der Waals surface area contributed by atoms with Gasteiger partial charge >= 0.3 is 0 Å². The van der Waals surface area contributed by atoms with E-state index in [1.807, 2.05) is 30.3 Å². The number of carbonyl (C=O) groups excluding carboxylic acids is 3. The van der Waals surface area contributed by atoms with Crippen LogP contribution in [0.3, 0.4) is 0 Å². The molecule has 0 spiro atoms. The van der Waals surface area contributed by atoms with Gasteiger partial charge in [-0.05, 0) is 30.4 Å². The van der Waals surface area contributed by atoms with E-state index >= 15 is 0 Å². The molecule has 1 aliphatic carbocycles. The van der Waals surface area contributed by atoms with Crippen molar-refractivity contribution in [1.29, 1.82) is 0 Å². The first-order valence-electron chi connectivity index (χ1n) is 8.38. The third-order valence-electron chi connectivity index (χ3n) is 4.17. The lowest BCUT2D eigenvalue weighted by molar-refractivity contribution is -0.137. The highest BCUT2D eigenvalue weighted by atomic mass is 16.2. The second kappa shape index (κ2) is 9.65. The SMILES string of the molecule is O=[C]CN(NC(=O)CC1CCCCC1)C(=O)/C=C/c1ccccc1. The zero-order valence-corrected chi connectivity index (χ0v) is 13.7. The van der Waals surface area contributed by atoms with Gasteiger partial charge in [0.1, 0.15) is 6.54 Å². The summed E-state index contributed by atoms with van der Waals surface area (Å²) in [5.74, 6) is -0.298. The smallest absolute Gasteiger partial charge is 0.265 e. The van der Waals surface area contributed by atoms with Crippen molar-refractivity contribution in [2.75, 3.05) is 6.54 Å². The highest BCUT2D eigenvalue weighted by molar-refractivity contribution is 5.94. The van der Waals surface area contributed by atoms with Crippen LogP contribution in [-0.4, -0.2) is 29.7 Å². The monoisotopic (exact) mass is 327 g/mol. The number of carbonyl (C=O) groups is 2. The van der Waals surface area contributed by atoms with Gasteiger partial charge in [0, 0.05) is 12.5 Å². The predicted octanol–water partition coefficient (Wildman–Crippen LogP) is 2.64. The number of hydrazine groups is 1. The molecule has 1 fully saturated rings. The quantitative estimate of drug-likeness (QED) is 0.645. The van der Waals surface area contributed by atoms with E-state index in [0.29, 0.717) is 12.3 Å². The molecule has 0 saturated heterocycles. The minimum atomic E-state index is -0.445. The summed E-state index contributed by atoms with van der Waals surface area (Å²) in [6.45, 7) is -0.283. The standard InChI is InChI=1S/C19H23N2O3/c22-14-13-21(19(24)12-11-16-7-3-1-4-8-16)20-18(23)15-17-9-5-2-6-10-17/h1,3-4,7-8,11-12,17H,2,5-6,9-10,13,15H2,(H,20,23)/b12-11+. The third kappa shape index (κ3) is 5.99. The van der Waals surface area contributed by atoms with Crippen LogP contribution in [0.2, 0.25) is 0 Å². The summed E-state index contributed by atoms with van der Waals surface area (Å²) in [4.78, 5) is 35.0. The van der Waals surface area contributed by atoms with Crippen molar-refractivity contribution >= 4 is 24.2 Å². The van der Waals surface area contributed by atoms with E-state index < -0.39 is 5.91 Å². The average molecular weight is 327 g/mol. The molecule has 5 heteroatoms. The van der Waals surface area contributed by atoms with E-state index in [1.165, 1.54) is 12.5 Å². The molecular formula is C19H23N2O3. The topological polar surface area (TPSA) is 66.5 Å². The second-order valence-electron chi connectivity index (χ2n) is 6.06. The van der Waals surface area contributed by atoms with Crippen molar-refractivity contribution < 1.29 is 14.4 Å². The zero-order valence-electron chi connectivity index (χ0n) is 13.7. The van der Waals surface area contributed by atoms with Crippen LogP contribution >= 0.6 is 0 Å². The lowest BCUT2D eigenvalue weighted by Crippen LogP contribution is -2.46. The molecule has 1 radical (unpaired) electrons. The molecule has 1 aliphatic rings. The molecule has 127 valence electrons. The highest BCUT2D eigenvalue weighted by Gasteiger charge is 2.19. The van der Waals surface area contributed by atoms with E-state index in [-0.39, 0.29) is 12.5 Å². The molecule has 0 bridgehead atoms. The second-order valence-corrected chi connectivity index (χ2v) is 6.06. The average Bonchev–Trinajstić information content (AvgIpc) is 2.61. The number of rotatable bonds is 6. The van der Waals surface area contributed by atoms with Crippen LogP contribution in [-0.2, 0) is 14.4 Å². The van der Waals surface area contributed by atoms with Crippen molar-refractivity contribution in [3.8, 4) is 0 Å². The molecule has 0 unspecified atom stereocenters. The molecule has 0 aliphatic heterocycles. The van der Waals surface area contributed by atoms with Gasteiger partial charge in [0.25, 0.3) is 5.91 Å².